The Morgan fingerprint density at radius 2 is 2.24 bits per heavy atom. The summed E-state index contributed by atoms with van der Waals surface area (Å²) < 4.78 is 7.63. The van der Waals surface area contributed by atoms with Gasteiger partial charge < -0.3 is 15.4 Å². The number of nitrogens with one attached hydrogen (secondary N) is 2. The molecule has 25 heavy (non-hydrogen) atoms. The minimum atomic E-state index is -0.203. The van der Waals surface area contributed by atoms with E-state index in [2.05, 4.69) is 20.7 Å². The molecule has 1 atom stereocenters. The van der Waals surface area contributed by atoms with Crippen LogP contribution in [0.25, 0.3) is 0 Å². The minimum Gasteiger partial charge on any atom is -0.474 e. The lowest BCUT2D eigenvalue weighted by atomic mass is 10.3. The van der Waals surface area contributed by atoms with Gasteiger partial charge in [0.25, 0.3) is 0 Å². The third kappa shape index (κ3) is 5.48. The van der Waals surface area contributed by atoms with E-state index in [4.69, 9.17) is 4.74 Å². The van der Waals surface area contributed by atoms with Gasteiger partial charge in [0.15, 0.2) is 0 Å². The van der Waals surface area contributed by atoms with Gasteiger partial charge in [-0.05, 0) is 44.2 Å². The Morgan fingerprint density at radius 3 is 2.92 bits per heavy atom. The van der Waals surface area contributed by atoms with Crippen molar-refractivity contribution in [2.75, 3.05) is 0 Å². The zero-order valence-corrected chi connectivity index (χ0v) is 14.5. The van der Waals surface area contributed by atoms with Crippen LogP contribution in [0, 0.1) is 0 Å². The number of nitrogens with zero attached hydrogens (tertiary/aromatic N) is 3. The van der Waals surface area contributed by atoms with Gasteiger partial charge in [0, 0.05) is 37.2 Å². The summed E-state index contributed by atoms with van der Waals surface area (Å²) in [6, 6.07) is 5.45. The molecule has 1 fully saturated rings. The molecule has 7 heteroatoms. The highest BCUT2D eigenvalue weighted by molar-refractivity contribution is 5.74. The number of amides is 2. The van der Waals surface area contributed by atoms with Crippen molar-refractivity contribution in [3.05, 3.63) is 42.4 Å². The molecular formula is C18H25N5O2. The van der Waals surface area contributed by atoms with Crippen molar-refractivity contribution in [1.29, 1.82) is 0 Å². The molecule has 1 aliphatic rings. The van der Waals surface area contributed by atoms with Gasteiger partial charge in [0.2, 0.25) is 5.88 Å². The second-order valence-corrected chi connectivity index (χ2v) is 6.49. The first-order valence-corrected chi connectivity index (χ1v) is 8.82. The monoisotopic (exact) mass is 343 g/mol. The van der Waals surface area contributed by atoms with E-state index in [0.717, 1.165) is 18.4 Å². The second kappa shape index (κ2) is 8.50. The van der Waals surface area contributed by atoms with E-state index in [9.17, 15) is 4.79 Å². The number of pyridine rings is 1. The van der Waals surface area contributed by atoms with E-state index >= 15 is 0 Å². The summed E-state index contributed by atoms with van der Waals surface area (Å²) in [5.41, 5.74) is 0.939. The summed E-state index contributed by atoms with van der Waals surface area (Å²) in [5.74, 6) is 0.660. The molecule has 2 aromatic rings. The molecule has 0 aliphatic heterocycles. The molecular weight excluding hydrogens is 318 g/mol. The summed E-state index contributed by atoms with van der Waals surface area (Å²) in [6.07, 6.45) is 10.3. The number of aromatic nitrogens is 3. The molecule has 0 radical (unpaired) electrons. The molecule has 2 aromatic heterocycles. The third-order valence-electron chi connectivity index (χ3n) is 4.24. The Morgan fingerprint density at radius 1 is 1.40 bits per heavy atom. The van der Waals surface area contributed by atoms with Crippen LogP contribution in [0.1, 0.15) is 38.2 Å². The Bertz CT molecular complexity index is 651. The standard InChI is InChI=1S/C18H25N5O2/c1-14(13-23-10-4-9-21-23)22-18(24)20-12-15-7-8-17(19-11-15)25-16-5-2-3-6-16/h4,7-11,14,16H,2-3,5-6,12-13H2,1H3,(H2,20,22,24)/t14-/m0/s1. The minimum absolute atomic E-state index is 0.0137. The van der Waals surface area contributed by atoms with E-state index in [-0.39, 0.29) is 12.1 Å². The summed E-state index contributed by atoms with van der Waals surface area (Å²) in [5, 5.41) is 9.86. The fourth-order valence-electron chi connectivity index (χ4n) is 2.95. The van der Waals surface area contributed by atoms with Gasteiger partial charge in [-0.3, -0.25) is 4.68 Å². The molecule has 134 valence electrons. The van der Waals surface area contributed by atoms with Gasteiger partial charge in [0.05, 0.1) is 6.54 Å². The first-order valence-electron chi connectivity index (χ1n) is 8.82. The SMILES string of the molecule is C[C@@H](Cn1cccn1)NC(=O)NCc1ccc(OC2CCCC2)nc1. The molecule has 2 heterocycles. The van der Waals surface area contributed by atoms with Gasteiger partial charge >= 0.3 is 6.03 Å². The Balaban J connectivity index is 1.39. The Kier molecular flexibility index (Phi) is 5.87. The van der Waals surface area contributed by atoms with Crippen LogP contribution in [0.2, 0.25) is 0 Å². The summed E-state index contributed by atoms with van der Waals surface area (Å²) >= 11 is 0. The fraction of sp³-hybridized carbons (Fsp3) is 0.500. The van der Waals surface area contributed by atoms with Crippen LogP contribution in [0.3, 0.4) is 0 Å². The number of hydrogen-bond acceptors (Lipinski definition) is 4. The average Bonchev–Trinajstić information content (AvgIpc) is 3.28. The maximum Gasteiger partial charge on any atom is 0.315 e. The van der Waals surface area contributed by atoms with E-state index in [1.807, 2.05) is 31.3 Å². The highest BCUT2D eigenvalue weighted by Gasteiger charge is 2.16. The van der Waals surface area contributed by atoms with Crippen LogP contribution in [0.5, 0.6) is 5.88 Å². The Labute approximate surface area is 147 Å². The third-order valence-corrected chi connectivity index (χ3v) is 4.24. The van der Waals surface area contributed by atoms with Crippen LogP contribution in [0.4, 0.5) is 4.79 Å². The predicted molar refractivity (Wildman–Crippen MR) is 94.2 cm³/mol. The van der Waals surface area contributed by atoms with Crippen molar-refractivity contribution in [3.63, 3.8) is 0 Å². The Hall–Kier alpha value is -2.57. The predicted octanol–water partition coefficient (Wildman–Crippen LogP) is 2.49. The maximum absolute atomic E-state index is 12.0. The number of rotatable bonds is 7. The van der Waals surface area contributed by atoms with Crippen molar-refractivity contribution < 1.29 is 9.53 Å². The lowest BCUT2D eigenvalue weighted by Crippen LogP contribution is -2.42. The molecule has 2 N–H and O–H groups in total. The first-order chi connectivity index (χ1) is 12.2. The van der Waals surface area contributed by atoms with Gasteiger partial charge in [-0.2, -0.15) is 5.10 Å². The van der Waals surface area contributed by atoms with E-state index in [1.165, 1.54) is 12.8 Å². The maximum atomic E-state index is 12.0. The topological polar surface area (TPSA) is 81.1 Å². The molecule has 0 spiro atoms. The lowest BCUT2D eigenvalue weighted by molar-refractivity contribution is 0.201. The van der Waals surface area contributed by atoms with Crippen molar-refractivity contribution in [2.45, 2.75) is 57.8 Å². The largest absolute Gasteiger partial charge is 0.474 e. The van der Waals surface area contributed by atoms with Crippen LogP contribution in [-0.2, 0) is 13.1 Å². The zero-order chi connectivity index (χ0) is 17.5. The molecule has 0 saturated heterocycles. The normalized spacial score (nSPS) is 15.7. The molecule has 1 aliphatic carbocycles. The zero-order valence-electron chi connectivity index (χ0n) is 14.5. The van der Waals surface area contributed by atoms with Gasteiger partial charge in [0.1, 0.15) is 6.10 Å². The molecule has 1 saturated carbocycles. The highest BCUT2D eigenvalue weighted by atomic mass is 16.5. The molecule has 0 unspecified atom stereocenters. The molecule has 2 amide bonds. The van der Waals surface area contributed by atoms with Crippen molar-refractivity contribution in [2.24, 2.45) is 0 Å². The molecule has 0 aromatic carbocycles. The number of carbonyl (C=O) groups is 1. The van der Waals surface area contributed by atoms with Gasteiger partial charge in [-0.25, -0.2) is 9.78 Å². The lowest BCUT2D eigenvalue weighted by Gasteiger charge is -2.15. The van der Waals surface area contributed by atoms with Crippen LogP contribution in [-0.4, -0.2) is 32.9 Å². The van der Waals surface area contributed by atoms with E-state index < -0.39 is 0 Å². The van der Waals surface area contributed by atoms with E-state index in [1.54, 1.807) is 17.1 Å². The van der Waals surface area contributed by atoms with Crippen LogP contribution < -0.4 is 15.4 Å². The van der Waals surface area contributed by atoms with Crippen LogP contribution >= 0.6 is 0 Å². The number of hydrogen-bond donors (Lipinski definition) is 2. The second-order valence-electron chi connectivity index (χ2n) is 6.49. The average molecular weight is 343 g/mol. The molecule has 7 nitrogen and oxygen atoms in total. The molecule has 0 bridgehead atoms. The van der Waals surface area contributed by atoms with Crippen molar-refractivity contribution >= 4 is 6.03 Å². The first kappa shape index (κ1) is 17.3. The number of carbonyl (C=O) groups excluding carboxylic acids is 1. The summed E-state index contributed by atoms with van der Waals surface area (Å²) in [6.45, 7) is 3.00. The van der Waals surface area contributed by atoms with E-state index in [0.29, 0.717) is 25.1 Å². The summed E-state index contributed by atoms with van der Waals surface area (Å²) in [7, 11) is 0. The smallest absolute Gasteiger partial charge is 0.315 e. The molecule has 3 rings (SSSR count). The van der Waals surface area contributed by atoms with Crippen LogP contribution in [0.15, 0.2) is 36.8 Å². The van der Waals surface area contributed by atoms with Gasteiger partial charge in [-0.15, -0.1) is 0 Å². The fourth-order valence-corrected chi connectivity index (χ4v) is 2.95. The summed E-state index contributed by atoms with van der Waals surface area (Å²) in [4.78, 5) is 16.3. The van der Waals surface area contributed by atoms with Crippen molar-refractivity contribution in [3.8, 4) is 5.88 Å². The van der Waals surface area contributed by atoms with Crippen molar-refractivity contribution in [1.82, 2.24) is 25.4 Å². The van der Waals surface area contributed by atoms with Gasteiger partial charge in [-0.1, -0.05) is 6.07 Å². The number of urea groups is 1. The number of ether oxygens (including phenoxy) is 1. The quantitative estimate of drug-likeness (QED) is 0.809. The highest BCUT2D eigenvalue weighted by Crippen LogP contribution is 2.22.